The lowest BCUT2D eigenvalue weighted by molar-refractivity contribution is -0.142. The highest BCUT2D eigenvalue weighted by molar-refractivity contribution is 7.98. The Balaban J connectivity index is 2.02. The molecule has 214 valence electrons. The van der Waals surface area contributed by atoms with Crippen molar-refractivity contribution in [3.63, 3.8) is 0 Å². The van der Waals surface area contributed by atoms with Crippen LogP contribution in [0.1, 0.15) is 99.2 Å². The minimum atomic E-state index is -0.683. The quantitative estimate of drug-likeness (QED) is 0.241. The van der Waals surface area contributed by atoms with Crippen LogP contribution in [0.25, 0.3) is 11.1 Å². The molecule has 0 saturated heterocycles. The molecule has 1 amide bonds. The number of aryl methyl sites for hydroxylation is 1. The topological polar surface area (TPSA) is 64.6 Å². The molecule has 6 heteroatoms. The van der Waals surface area contributed by atoms with E-state index in [9.17, 15) is 9.59 Å². The number of carbonyl (C=O) groups excluding carboxylic acids is 2. The molecule has 5 nitrogen and oxygen atoms in total. The first kappa shape index (κ1) is 31.2. The number of rotatable bonds is 14. The lowest BCUT2D eigenvalue weighted by Gasteiger charge is -2.33. The molecule has 2 aromatic carbocycles. The van der Waals surface area contributed by atoms with Gasteiger partial charge in [-0.15, -0.1) is 0 Å². The van der Waals surface area contributed by atoms with Crippen LogP contribution in [0.3, 0.4) is 0 Å². The van der Waals surface area contributed by atoms with E-state index in [-0.39, 0.29) is 18.1 Å². The summed E-state index contributed by atoms with van der Waals surface area (Å²) in [6, 6.07) is 13.6. The number of hydrogen-bond acceptors (Lipinski definition) is 5. The zero-order chi connectivity index (χ0) is 28.2. The molecule has 1 aliphatic carbocycles. The van der Waals surface area contributed by atoms with Gasteiger partial charge >= 0.3 is 5.97 Å². The van der Waals surface area contributed by atoms with Crippen LogP contribution in [-0.2, 0) is 14.3 Å². The summed E-state index contributed by atoms with van der Waals surface area (Å²) in [6.07, 6.45) is 12.2. The van der Waals surface area contributed by atoms with E-state index in [1.54, 1.807) is 11.8 Å². The maximum Gasteiger partial charge on any atom is 0.328 e. The van der Waals surface area contributed by atoms with Crippen molar-refractivity contribution < 1.29 is 19.1 Å². The molecule has 2 unspecified atom stereocenters. The average Bonchev–Trinajstić information content (AvgIpc) is 2.96. The number of carbonyl (C=O) groups is 2. The summed E-state index contributed by atoms with van der Waals surface area (Å²) < 4.78 is 11.8. The molecule has 3 atom stereocenters. The van der Waals surface area contributed by atoms with Crippen molar-refractivity contribution in [2.75, 3.05) is 19.1 Å². The van der Waals surface area contributed by atoms with E-state index in [0.717, 1.165) is 47.3 Å². The Kier molecular flexibility index (Phi) is 12.9. The van der Waals surface area contributed by atoms with Crippen LogP contribution in [-0.4, -0.2) is 43.1 Å². The molecular weight excluding hydrogens is 506 g/mol. The van der Waals surface area contributed by atoms with Gasteiger partial charge in [-0.3, -0.25) is 4.79 Å². The number of methoxy groups -OCH3 is 1. The fraction of sp³-hybridized carbons (Fsp3) is 0.576. The van der Waals surface area contributed by atoms with Crippen molar-refractivity contribution in [3.05, 3.63) is 59.2 Å². The van der Waals surface area contributed by atoms with Crippen LogP contribution < -0.4 is 5.32 Å². The summed E-state index contributed by atoms with van der Waals surface area (Å²) in [5.74, 6) is 0.545. The van der Waals surface area contributed by atoms with E-state index in [1.807, 2.05) is 24.5 Å². The minimum Gasteiger partial charge on any atom is -0.467 e. The normalized spacial score (nSPS) is 16.3. The molecule has 2 aromatic rings. The second-order valence-corrected chi connectivity index (χ2v) is 11.8. The van der Waals surface area contributed by atoms with E-state index >= 15 is 0 Å². The SMILES string of the molecule is CCCCC(C)OC(c1ccc(C(=O)N[C@@H](CCSC)C(=O)OC)c(-c2ccccc2C)c1)C1CCCCC1. The zero-order valence-electron chi connectivity index (χ0n) is 24.5. The summed E-state index contributed by atoms with van der Waals surface area (Å²) in [5, 5.41) is 2.96. The summed E-state index contributed by atoms with van der Waals surface area (Å²) in [4.78, 5) is 26.1. The fourth-order valence-electron chi connectivity index (χ4n) is 5.61. The lowest BCUT2D eigenvalue weighted by Crippen LogP contribution is -2.42. The molecule has 0 bridgehead atoms. The van der Waals surface area contributed by atoms with Crippen LogP contribution in [0.4, 0.5) is 0 Å². The molecule has 1 N–H and O–H groups in total. The average molecular weight is 554 g/mol. The Hall–Kier alpha value is -2.31. The number of ether oxygens (including phenoxy) is 2. The van der Waals surface area contributed by atoms with Gasteiger partial charge in [0.2, 0.25) is 0 Å². The Bertz CT molecular complexity index is 1070. The minimum absolute atomic E-state index is 0.00133. The van der Waals surface area contributed by atoms with Crippen LogP contribution in [0.2, 0.25) is 0 Å². The van der Waals surface area contributed by atoms with E-state index in [2.05, 4.69) is 50.4 Å². The van der Waals surface area contributed by atoms with Crippen molar-refractivity contribution in [1.29, 1.82) is 0 Å². The van der Waals surface area contributed by atoms with Gasteiger partial charge in [-0.05, 0) is 91.8 Å². The van der Waals surface area contributed by atoms with Crippen LogP contribution in [0.15, 0.2) is 42.5 Å². The molecule has 0 radical (unpaired) electrons. The molecular formula is C33H47NO4S. The van der Waals surface area contributed by atoms with Gasteiger partial charge in [0.15, 0.2) is 0 Å². The number of amides is 1. The second kappa shape index (κ2) is 16.1. The monoisotopic (exact) mass is 553 g/mol. The van der Waals surface area contributed by atoms with Crippen molar-refractivity contribution in [2.45, 2.75) is 96.8 Å². The van der Waals surface area contributed by atoms with Gasteiger partial charge in [0.1, 0.15) is 6.04 Å². The molecule has 1 aliphatic rings. The van der Waals surface area contributed by atoms with E-state index < -0.39 is 12.0 Å². The zero-order valence-corrected chi connectivity index (χ0v) is 25.3. The van der Waals surface area contributed by atoms with Crippen LogP contribution in [0.5, 0.6) is 0 Å². The lowest BCUT2D eigenvalue weighted by atomic mass is 9.81. The van der Waals surface area contributed by atoms with E-state index in [1.165, 1.54) is 39.2 Å². The number of thioether (sulfide) groups is 1. The van der Waals surface area contributed by atoms with E-state index in [0.29, 0.717) is 17.9 Å². The Morgan fingerprint density at radius 2 is 1.79 bits per heavy atom. The predicted octanol–water partition coefficient (Wildman–Crippen LogP) is 7.90. The third-order valence-corrected chi connectivity index (χ3v) is 8.52. The van der Waals surface area contributed by atoms with E-state index in [4.69, 9.17) is 9.47 Å². The molecule has 1 fully saturated rings. The molecule has 0 heterocycles. The van der Waals surface area contributed by atoms with Gasteiger partial charge < -0.3 is 14.8 Å². The predicted molar refractivity (Wildman–Crippen MR) is 162 cm³/mol. The van der Waals surface area contributed by atoms with Gasteiger partial charge in [-0.1, -0.05) is 69.4 Å². The van der Waals surface area contributed by atoms with Crippen molar-refractivity contribution in [1.82, 2.24) is 5.32 Å². The maximum absolute atomic E-state index is 13.7. The van der Waals surface area contributed by atoms with Crippen LogP contribution in [0, 0.1) is 12.8 Å². The molecule has 3 rings (SSSR count). The molecule has 0 spiro atoms. The van der Waals surface area contributed by atoms with Crippen LogP contribution >= 0.6 is 11.8 Å². The van der Waals surface area contributed by atoms with Gasteiger partial charge in [-0.2, -0.15) is 11.8 Å². The molecule has 1 saturated carbocycles. The van der Waals surface area contributed by atoms with Crippen molar-refractivity contribution >= 4 is 23.6 Å². The van der Waals surface area contributed by atoms with Crippen molar-refractivity contribution in [3.8, 4) is 11.1 Å². The second-order valence-electron chi connectivity index (χ2n) is 10.9. The third kappa shape index (κ3) is 8.84. The van der Waals surface area contributed by atoms with Crippen molar-refractivity contribution in [2.24, 2.45) is 5.92 Å². The first-order valence-electron chi connectivity index (χ1n) is 14.6. The highest BCUT2D eigenvalue weighted by Gasteiger charge is 2.29. The Morgan fingerprint density at radius 1 is 1.05 bits per heavy atom. The highest BCUT2D eigenvalue weighted by Crippen LogP contribution is 2.40. The molecule has 39 heavy (non-hydrogen) atoms. The summed E-state index contributed by atoms with van der Waals surface area (Å²) in [7, 11) is 1.36. The number of nitrogens with one attached hydrogen (secondary N) is 1. The number of unbranched alkanes of at least 4 members (excludes halogenated alkanes) is 1. The van der Waals surface area contributed by atoms with Gasteiger partial charge in [0.25, 0.3) is 5.91 Å². The summed E-state index contributed by atoms with van der Waals surface area (Å²) in [5.41, 5.74) is 4.69. The largest absolute Gasteiger partial charge is 0.467 e. The standard InChI is InChI=1S/C33H47NO4S/c1-6-7-14-24(3)38-31(25-15-9-8-10-16-25)26-18-19-28(29(22-26)27-17-12-11-13-23(27)2)32(35)34-30(20-21-39-5)33(36)37-4/h11-13,17-19,22,24-25,30-31H,6-10,14-16,20-21H2,1-5H3,(H,34,35)/t24?,30-,31?/m0/s1. The molecule has 0 aliphatic heterocycles. The summed E-state index contributed by atoms with van der Waals surface area (Å²) >= 11 is 1.64. The number of esters is 1. The number of benzene rings is 2. The fourth-order valence-corrected chi connectivity index (χ4v) is 6.08. The Morgan fingerprint density at radius 3 is 2.46 bits per heavy atom. The maximum atomic E-state index is 13.7. The summed E-state index contributed by atoms with van der Waals surface area (Å²) in [6.45, 7) is 6.48. The van der Waals surface area contributed by atoms with Gasteiger partial charge in [0.05, 0.1) is 19.3 Å². The van der Waals surface area contributed by atoms with Gasteiger partial charge in [0, 0.05) is 5.56 Å². The number of hydrogen-bond donors (Lipinski definition) is 1. The highest BCUT2D eigenvalue weighted by atomic mass is 32.2. The third-order valence-electron chi connectivity index (χ3n) is 7.87. The molecule has 0 aromatic heterocycles. The first-order chi connectivity index (χ1) is 18.9. The van der Waals surface area contributed by atoms with Gasteiger partial charge in [-0.25, -0.2) is 4.79 Å². The Labute approximate surface area is 239 Å². The smallest absolute Gasteiger partial charge is 0.328 e. The first-order valence-corrected chi connectivity index (χ1v) is 16.0.